The zero-order valence-electron chi connectivity index (χ0n) is 11.5. The minimum Gasteiger partial charge on any atom is -0.319 e. The number of nitrogens with one attached hydrogen (secondary N) is 1. The van der Waals surface area contributed by atoms with Crippen molar-refractivity contribution in [2.24, 2.45) is 0 Å². The monoisotopic (exact) mass is 294 g/mol. The Morgan fingerprint density at radius 2 is 2.40 bits per heavy atom. The van der Waals surface area contributed by atoms with Gasteiger partial charge >= 0.3 is 5.69 Å². The van der Waals surface area contributed by atoms with Gasteiger partial charge in [-0.05, 0) is 32.1 Å². The lowest BCUT2D eigenvalue weighted by Crippen LogP contribution is -2.27. The maximum atomic E-state index is 12.1. The first-order chi connectivity index (χ1) is 9.66. The van der Waals surface area contributed by atoms with Gasteiger partial charge in [-0.2, -0.15) is 0 Å². The van der Waals surface area contributed by atoms with Crippen LogP contribution in [0.3, 0.4) is 0 Å². The van der Waals surface area contributed by atoms with Gasteiger partial charge in [0.15, 0.2) is 5.16 Å². The highest BCUT2D eigenvalue weighted by Crippen LogP contribution is 2.36. The van der Waals surface area contributed by atoms with Crippen LogP contribution in [-0.4, -0.2) is 38.4 Å². The number of carbonyl (C=O) groups excluding carboxylic acids is 1. The van der Waals surface area contributed by atoms with Crippen LogP contribution in [0.15, 0.2) is 21.7 Å². The van der Waals surface area contributed by atoms with E-state index in [2.05, 4.69) is 16.3 Å². The number of aromatic amines is 1. The molecule has 3 rings (SSSR count). The molecule has 1 fully saturated rings. The molecule has 1 saturated carbocycles. The van der Waals surface area contributed by atoms with Crippen LogP contribution in [0.25, 0.3) is 0 Å². The topological polar surface area (TPSA) is 71.0 Å². The number of carbonyl (C=O) groups is 1. The molecule has 20 heavy (non-hydrogen) atoms. The van der Waals surface area contributed by atoms with E-state index in [1.165, 1.54) is 11.8 Å². The lowest BCUT2D eigenvalue weighted by molar-refractivity contribution is -0.125. The van der Waals surface area contributed by atoms with E-state index >= 15 is 0 Å². The summed E-state index contributed by atoms with van der Waals surface area (Å²) in [7, 11) is 1.82. The summed E-state index contributed by atoms with van der Waals surface area (Å²) in [6.07, 6.45) is 7.32. The van der Waals surface area contributed by atoms with Crippen molar-refractivity contribution in [2.75, 3.05) is 12.8 Å². The van der Waals surface area contributed by atoms with Crippen molar-refractivity contribution >= 4 is 17.7 Å². The van der Waals surface area contributed by atoms with Gasteiger partial charge in [0, 0.05) is 18.8 Å². The van der Waals surface area contributed by atoms with Crippen LogP contribution in [0.1, 0.15) is 38.1 Å². The van der Waals surface area contributed by atoms with Gasteiger partial charge in [-0.1, -0.05) is 17.8 Å². The highest BCUT2D eigenvalue weighted by molar-refractivity contribution is 7.99. The van der Waals surface area contributed by atoms with Crippen LogP contribution in [0, 0.1) is 0 Å². The molecule has 1 aromatic rings. The molecule has 1 heterocycles. The first-order valence-electron chi connectivity index (χ1n) is 6.92. The number of hydrogen-bond acceptors (Lipinski definition) is 4. The Morgan fingerprint density at radius 3 is 3.05 bits per heavy atom. The fourth-order valence-electron chi connectivity index (χ4n) is 2.39. The number of aromatic nitrogens is 3. The standard InChI is InChI=1S/C13H18N4O2S/c1-16(9-4-2-3-5-9)11(18)8-20-13-15-14-12(19)17(13)10-6-7-10/h4,10H,2-3,5-8H2,1H3,(H,14,19). The second-order valence-corrected chi connectivity index (χ2v) is 6.18. The average Bonchev–Trinajstić information content (AvgIpc) is 3.00. The van der Waals surface area contributed by atoms with Crippen molar-refractivity contribution < 1.29 is 4.79 Å². The lowest BCUT2D eigenvalue weighted by Gasteiger charge is -2.18. The summed E-state index contributed by atoms with van der Waals surface area (Å²) in [5.74, 6) is 0.367. The number of nitrogens with zero attached hydrogens (tertiary/aromatic N) is 3. The first kappa shape index (κ1) is 13.5. The Balaban J connectivity index is 1.62. The fourth-order valence-corrected chi connectivity index (χ4v) is 3.32. The van der Waals surface area contributed by atoms with Crippen LogP contribution < -0.4 is 5.69 Å². The average molecular weight is 294 g/mol. The van der Waals surface area contributed by atoms with E-state index in [1.807, 2.05) is 7.05 Å². The highest BCUT2D eigenvalue weighted by Gasteiger charge is 2.29. The van der Waals surface area contributed by atoms with Crippen molar-refractivity contribution in [3.05, 3.63) is 22.3 Å². The molecular weight excluding hydrogens is 276 g/mol. The predicted octanol–water partition coefficient (Wildman–Crippen LogP) is 1.52. The van der Waals surface area contributed by atoms with Crippen molar-refractivity contribution in [1.29, 1.82) is 0 Å². The summed E-state index contributed by atoms with van der Waals surface area (Å²) in [6, 6.07) is 0.272. The normalized spacial score (nSPS) is 18.1. The predicted molar refractivity (Wildman–Crippen MR) is 76.5 cm³/mol. The van der Waals surface area contributed by atoms with Gasteiger partial charge in [0.1, 0.15) is 0 Å². The molecule has 0 aliphatic heterocycles. The summed E-state index contributed by atoms with van der Waals surface area (Å²) in [5.41, 5.74) is 0.937. The minimum atomic E-state index is -0.172. The molecular formula is C13H18N4O2S. The Labute approximate surface area is 121 Å². The van der Waals surface area contributed by atoms with E-state index in [4.69, 9.17) is 0 Å². The Bertz CT molecular complexity index is 600. The minimum absolute atomic E-state index is 0.0564. The zero-order chi connectivity index (χ0) is 14.1. The van der Waals surface area contributed by atoms with Crippen LogP contribution in [0.2, 0.25) is 0 Å². The van der Waals surface area contributed by atoms with Gasteiger partial charge in [0.2, 0.25) is 5.91 Å². The van der Waals surface area contributed by atoms with Crippen LogP contribution in [-0.2, 0) is 4.79 Å². The summed E-state index contributed by atoms with van der Waals surface area (Å²) in [4.78, 5) is 25.5. The van der Waals surface area contributed by atoms with Gasteiger partial charge in [0.05, 0.1) is 5.75 Å². The van der Waals surface area contributed by atoms with Crippen molar-refractivity contribution in [3.8, 4) is 0 Å². The fraction of sp³-hybridized carbons (Fsp3) is 0.615. The smallest absolute Gasteiger partial charge is 0.319 e. The molecule has 0 unspecified atom stereocenters. The molecule has 7 heteroatoms. The molecule has 0 radical (unpaired) electrons. The number of hydrogen-bond donors (Lipinski definition) is 1. The summed E-state index contributed by atoms with van der Waals surface area (Å²) >= 11 is 1.33. The van der Waals surface area contributed by atoms with E-state index in [9.17, 15) is 9.59 Å². The molecule has 6 nitrogen and oxygen atoms in total. The largest absolute Gasteiger partial charge is 0.344 e. The second-order valence-electron chi connectivity index (χ2n) is 5.24. The van der Waals surface area contributed by atoms with E-state index in [1.54, 1.807) is 9.47 Å². The third-order valence-electron chi connectivity index (χ3n) is 3.73. The molecule has 0 bridgehead atoms. The number of thioether (sulfide) groups is 1. The van der Waals surface area contributed by atoms with Crippen molar-refractivity contribution in [1.82, 2.24) is 19.7 Å². The number of H-pyrrole nitrogens is 1. The number of amides is 1. The molecule has 2 aliphatic carbocycles. The van der Waals surface area contributed by atoms with Gasteiger partial charge in [-0.3, -0.25) is 9.36 Å². The van der Waals surface area contributed by atoms with Crippen LogP contribution in [0.5, 0.6) is 0 Å². The summed E-state index contributed by atoms with van der Waals surface area (Å²) in [5, 5.41) is 7.10. The summed E-state index contributed by atoms with van der Waals surface area (Å²) < 4.78 is 1.67. The maximum absolute atomic E-state index is 12.1. The molecule has 0 aromatic carbocycles. The zero-order valence-corrected chi connectivity index (χ0v) is 12.3. The third kappa shape index (κ3) is 2.67. The van der Waals surface area contributed by atoms with Gasteiger partial charge in [0.25, 0.3) is 0 Å². The maximum Gasteiger partial charge on any atom is 0.344 e. The molecule has 0 saturated heterocycles. The number of allylic oxidation sites excluding steroid dienone is 2. The molecule has 1 aromatic heterocycles. The molecule has 2 aliphatic rings. The Kier molecular flexibility index (Phi) is 3.69. The van der Waals surface area contributed by atoms with Gasteiger partial charge in [-0.15, -0.1) is 5.10 Å². The molecule has 108 valence electrons. The van der Waals surface area contributed by atoms with Crippen LogP contribution >= 0.6 is 11.8 Å². The molecule has 0 atom stereocenters. The summed E-state index contributed by atoms with van der Waals surface area (Å²) in [6.45, 7) is 0. The molecule has 1 N–H and O–H groups in total. The van der Waals surface area contributed by atoms with E-state index in [-0.39, 0.29) is 17.6 Å². The van der Waals surface area contributed by atoms with Crippen LogP contribution in [0.4, 0.5) is 0 Å². The molecule has 1 amide bonds. The van der Waals surface area contributed by atoms with Gasteiger partial charge < -0.3 is 4.90 Å². The first-order valence-corrected chi connectivity index (χ1v) is 7.90. The highest BCUT2D eigenvalue weighted by atomic mass is 32.2. The van der Waals surface area contributed by atoms with Crippen molar-refractivity contribution in [2.45, 2.75) is 43.3 Å². The van der Waals surface area contributed by atoms with E-state index in [0.29, 0.717) is 10.9 Å². The quantitative estimate of drug-likeness (QED) is 0.836. The lowest BCUT2D eigenvalue weighted by atomic mass is 10.3. The Hall–Kier alpha value is -1.50. The Morgan fingerprint density at radius 1 is 1.60 bits per heavy atom. The number of rotatable bonds is 5. The second kappa shape index (κ2) is 5.47. The SMILES string of the molecule is CN(C(=O)CSc1n[nH]c(=O)n1C1CC1)C1=CCCC1. The third-order valence-corrected chi connectivity index (χ3v) is 4.67. The van der Waals surface area contributed by atoms with E-state index in [0.717, 1.165) is 37.8 Å². The van der Waals surface area contributed by atoms with Gasteiger partial charge in [-0.25, -0.2) is 9.89 Å². The van der Waals surface area contributed by atoms with E-state index < -0.39 is 0 Å². The van der Waals surface area contributed by atoms with Crippen molar-refractivity contribution in [3.63, 3.8) is 0 Å². The molecule has 0 spiro atoms.